The maximum absolute atomic E-state index is 6.64. The molecule has 2 atom stereocenters. The molecule has 1 aliphatic rings. The summed E-state index contributed by atoms with van der Waals surface area (Å²) in [6, 6.07) is 0. The zero-order valence-electron chi connectivity index (χ0n) is 14.6. The summed E-state index contributed by atoms with van der Waals surface area (Å²) < 4.78 is 12.9. The van der Waals surface area contributed by atoms with Crippen molar-refractivity contribution in [3.8, 4) is 0 Å². The Hall–Kier alpha value is -0.0800. The zero-order chi connectivity index (χ0) is 15.2. The Morgan fingerprint density at radius 3 is 2.15 bits per heavy atom. The molecule has 0 amide bonds. The van der Waals surface area contributed by atoms with E-state index in [9.17, 15) is 0 Å². The number of hydrogen-bond donors (Lipinski definition) is 0. The Balaban J connectivity index is 2.83. The second-order valence-electron chi connectivity index (χ2n) is 7.24. The monoisotopic (exact) mass is 284 g/mol. The second kappa shape index (κ2) is 7.79. The minimum atomic E-state index is -0.169. The normalized spacial score (nSPS) is 22.9. The topological polar surface area (TPSA) is 18.5 Å². The van der Waals surface area contributed by atoms with Gasteiger partial charge in [-0.3, -0.25) is 0 Å². The molecule has 0 aliphatic heterocycles. The third-order valence-corrected chi connectivity index (χ3v) is 5.04. The van der Waals surface area contributed by atoms with Crippen LogP contribution in [0.2, 0.25) is 0 Å². The van der Waals surface area contributed by atoms with Crippen LogP contribution in [0, 0.1) is 5.92 Å². The molecule has 0 bridgehead atoms. The highest BCUT2D eigenvalue weighted by Gasteiger charge is 2.43. The van der Waals surface area contributed by atoms with Gasteiger partial charge in [-0.15, -0.1) is 0 Å². The summed E-state index contributed by atoms with van der Waals surface area (Å²) in [6.45, 7) is 14.3. The van der Waals surface area contributed by atoms with Crippen LogP contribution in [0.3, 0.4) is 0 Å². The molecular weight excluding hydrogens is 248 g/mol. The van der Waals surface area contributed by atoms with Gasteiger partial charge >= 0.3 is 0 Å². The Bertz CT molecular complexity index is 269. The zero-order valence-corrected chi connectivity index (χ0v) is 14.6. The van der Waals surface area contributed by atoms with Gasteiger partial charge in [0.05, 0.1) is 17.3 Å². The van der Waals surface area contributed by atoms with Gasteiger partial charge in [0.1, 0.15) is 0 Å². The van der Waals surface area contributed by atoms with Gasteiger partial charge in [-0.2, -0.15) is 0 Å². The van der Waals surface area contributed by atoms with Crippen LogP contribution >= 0.6 is 0 Å². The first-order valence-corrected chi connectivity index (χ1v) is 8.69. The summed E-state index contributed by atoms with van der Waals surface area (Å²) in [4.78, 5) is 0. The molecule has 1 fully saturated rings. The van der Waals surface area contributed by atoms with E-state index >= 15 is 0 Å². The van der Waals surface area contributed by atoms with Crippen LogP contribution in [0.25, 0.3) is 0 Å². The lowest BCUT2D eigenvalue weighted by atomic mass is 9.83. The molecule has 0 spiro atoms. The van der Waals surface area contributed by atoms with E-state index in [1.54, 1.807) is 0 Å². The standard InChI is InChI=1S/C18H36O2/c1-7-11-16(20-17(5)12-9-10-13-17)18(6,15(3)4)19-14-8-2/h15-16H,7-14H2,1-6H3. The fourth-order valence-electron chi connectivity index (χ4n) is 3.26. The third-order valence-electron chi connectivity index (χ3n) is 5.04. The Morgan fingerprint density at radius 1 is 1.10 bits per heavy atom. The smallest absolute Gasteiger partial charge is 0.0937 e. The van der Waals surface area contributed by atoms with E-state index < -0.39 is 0 Å². The molecule has 1 aliphatic carbocycles. The molecule has 0 aromatic heterocycles. The molecule has 1 saturated carbocycles. The predicted octanol–water partition coefficient (Wildman–Crippen LogP) is 5.35. The number of rotatable bonds is 9. The van der Waals surface area contributed by atoms with E-state index in [2.05, 4.69) is 41.5 Å². The van der Waals surface area contributed by atoms with E-state index in [0.29, 0.717) is 5.92 Å². The lowest BCUT2D eigenvalue weighted by Gasteiger charge is -2.44. The quantitative estimate of drug-likeness (QED) is 0.568. The Morgan fingerprint density at radius 2 is 1.70 bits per heavy atom. The molecular formula is C18H36O2. The molecule has 0 aromatic carbocycles. The van der Waals surface area contributed by atoms with E-state index in [1.807, 2.05) is 0 Å². The Kier molecular flexibility index (Phi) is 7.00. The molecule has 0 N–H and O–H groups in total. The first-order valence-electron chi connectivity index (χ1n) is 8.69. The van der Waals surface area contributed by atoms with Gasteiger partial charge in [-0.1, -0.05) is 47.0 Å². The molecule has 0 saturated heterocycles. The lowest BCUT2D eigenvalue weighted by molar-refractivity contribution is -0.201. The van der Waals surface area contributed by atoms with Gasteiger partial charge in [0, 0.05) is 6.61 Å². The van der Waals surface area contributed by atoms with Crippen molar-refractivity contribution < 1.29 is 9.47 Å². The highest BCUT2D eigenvalue weighted by molar-refractivity contribution is 4.92. The highest BCUT2D eigenvalue weighted by atomic mass is 16.6. The minimum Gasteiger partial charge on any atom is -0.372 e. The van der Waals surface area contributed by atoms with Crippen molar-refractivity contribution in [3.05, 3.63) is 0 Å². The number of ether oxygens (including phenoxy) is 2. The van der Waals surface area contributed by atoms with E-state index in [-0.39, 0.29) is 17.3 Å². The van der Waals surface area contributed by atoms with Crippen LogP contribution in [0.5, 0.6) is 0 Å². The van der Waals surface area contributed by atoms with Gasteiger partial charge in [0.2, 0.25) is 0 Å². The Labute approximate surface area is 126 Å². The molecule has 120 valence electrons. The predicted molar refractivity (Wildman–Crippen MR) is 86.1 cm³/mol. The summed E-state index contributed by atoms with van der Waals surface area (Å²) >= 11 is 0. The van der Waals surface area contributed by atoms with Gasteiger partial charge in [-0.25, -0.2) is 0 Å². The van der Waals surface area contributed by atoms with Gasteiger partial charge in [0.25, 0.3) is 0 Å². The SMILES string of the molecule is CCCOC(C)(C(C)C)C(CCC)OC1(C)CCCC1. The largest absolute Gasteiger partial charge is 0.372 e. The molecule has 0 heterocycles. The van der Waals surface area contributed by atoms with Crippen molar-refractivity contribution in [2.45, 2.75) is 104 Å². The van der Waals surface area contributed by atoms with Crippen LogP contribution in [0.1, 0.15) is 86.5 Å². The van der Waals surface area contributed by atoms with Crippen LogP contribution < -0.4 is 0 Å². The fourth-order valence-corrected chi connectivity index (χ4v) is 3.26. The summed E-state index contributed by atoms with van der Waals surface area (Å²) in [5.41, 5.74) is -0.0941. The average Bonchev–Trinajstić information content (AvgIpc) is 2.82. The average molecular weight is 284 g/mol. The summed E-state index contributed by atoms with van der Waals surface area (Å²) in [5, 5.41) is 0. The molecule has 1 rings (SSSR count). The van der Waals surface area contributed by atoms with E-state index in [0.717, 1.165) is 25.9 Å². The lowest BCUT2D eigenvalue weighted by Crippen LogP contribution is -2.51. The first kappa shape index (κ1) is 18.0. The van der Waals surface area contributed by atoms with E-state index in [4.69, 9.17) is 9.47 Å². The van der Waals surface area contributed by atoms with E-state index in [1.165, 1.54) is 25.7 Å². The van der Waals surface area contributed by atoms with Crippen molar-refractivity contribution in [1.29, 1.82) is 0 Å². The molecule has 2 nitrogen and oxygen atoms in total. The van der Waals surface area contributed by atoms with Gasteiger partial charge in [0.15, 0.2) is 0 Å². The maximum Gasteiger partial charge on any atom is 0.0937 e. The van der Waals surface area contributed by atoms with Crippen molar-refractivity contribution in [2.75, 3.05) is 6.61 Å². The summed E-state index contributed by atoms with van der Waals surface area (Å²) in [5.74, 6) is 0.468. The van der Waals surface area contributed by atoms with Crippen molar-refractivity contribution >= 4 is 0 Å². The number of hydrogen-bond acceptors (Lipinski definition) is 2. The van der Waals surface area contributed by atoms with Crippen LogP contribution in [0.15, 0.2) is 0 Å². The third kappa shape index (κ3) is 4.46. The van der Waals surface area contributed by atoms with Crippen LogP contribution in [-0.4, -0.2) is 23.9 Å². The second-order valence-corrected chi connectivity index (χ2v) is 7.24. The fraction of sp³-hybridized carbons (Fsp3) is 1.00. The van der Waals surface area contributed by atoms with Crippen LogP contribution in [-0.2, 0) is 9.47 Å². The van der Waals surface area contributed by atoms with Crippen LogP contribution in [0.4, 0.5) is 0 Å². The molecule has 2 unspecified atom stereocenters. The van der Waals surface area contributed by atoms with Gasteiger partial charge in [-0.05, 0) is 45.4 Å². The molecule has 0 radical (unpaired) electrons. The maximum atomic E-state index is 6.64. The summed E-state index contributed by atoms with van der Waals surface area (Å²) in [6.07, 6.45) is 8.55. The van der Waals surface area contributed by atoms with Crippen molar-refractivity contribution in [3.63, 3.8) is 0 Å². The van der Waals surface area contributed by atoms with Crippen molar-refractivity contribution in [2.24, 2.45) is 5.92 Å². The molecule has 20 heavy (non-hydrogen) atoms. The van der Waals surface area contributed by atoms with Crippen molar-refractivity contribution in [1.82, 2.24) is 0 Å². The molecule has 2 heteroatoms. The highest BCUT2D eigenvalue weighted by Crippen LogP contribution is 2.39. The van der Waals surface area contributed by atoms with Gasteiger partial charge < -0.3 is 9.47 Å². The molecule has 0 aromatic rings. The minimum absolute atomic E-state index is 0.0750. The summed E-state index contributed by atoms with van der Waals surface area (Å²) in [7, 11) is 0. The first-order chi connectivity index (χ1) is 9.38.